The molecule has 4 N–H and O–H groups in total. The average Bonchev–Trinajstić information content (AvgIpc) is 1.64. The molecule has 7 heterocycles. The number of ether oxygens (including phenoxy) is 8. The summed E-state index contributed by atoms with van der Waals surface area (Å²) in [5.41, 5.74) is 0.933. The van der Waals surface area contributed by atoms with E-state index in [0.29, 0.717) is 113 Å². The summed E-state index contributed by atoms with van der Waals surface area (Å²) in [5.74, 6) is -3.95. The van der Waals surface area contributed by atoms with Crippen molar-refractivity contribution in [1.29, 1.82) is 0 Å². The van der Waals surface area contributed by atoms with E-state index >= 15 is 0 Å². The van der Waals surface area contributed by atoms with Gasteiger partial charge in [-0.2, -0.15) is 0 Å². The van der Waals surface area contributed by atoms with Crippen LogP contribution in [0.15, 0.2) is 41.2 Å². The van der Waals surface area contributed by atoms with Gasteiger partial charge in [-0.05, 0) is 119 Å². The Morgan fingerprint density at radius 1 is 0.726 bits per heavy atom. The van der Waals surface area contributed by atoms with Crippen LogP contribution in [0.1, 0.15) is 140 Å². The molecule has 8 rings (SSSR count). The third-order valence-corrected chi connectivity index (χ3v) is 17.4. The van der Waals surface area contributed by atoms with Crippen LogP contribution in [0.25, 0.3) is 22.3 Å². The van der Waals surface area contributed by atoms with Gasteiger partial charge in [0.15, 0.2) is 0 Å². The van der Waals surface area contributed by atoms with Crippen LogP contribution in [0.4, 0.5) is 4.79 Å². The van der Waals surface area contributed by atoms with E-state index in [1.54, 1.807) is 34.6 Å². The molecular formula is C68H95N9O18. The number of carbonyl (C=O) groups is 9. The Hall–Kier alpha value is -7.69. The van der Waals surface area contributed by atoms with Crippen molar-refractivity contribution < 1.29 is 81.0 Å². The highest BCUT2D eigenvalue weighted by Gasteiger charge is 2.51. The third kappa shape index (κ3) is 20.7. The fourth-order valence-electron chi connectivity index (χ4n) is 12.4. The maximum atomic E-state index is 14.5. The van der Waals surface area contributed by atoms with Gasteiger partial charge in [0.2, 0.25) is 29.2 Å². The molecule has 0 spiro atoms. The zero-order chi connectivity index (χ0) is 67.9. The van der Waals surface area contributed by atoms with E-state index in [1.165, 1.54) is 36.3 Å². The van der Waals surface area contributed by atoms with Crippen molar-refractivity contribution in [1.82, 2.24) is 45.5 Å². The van der Waals surface area contributed by atoms with Crippen LogP contribution in [-0.4, -0.2) is 208 Å². The van der Waals surface area contributed by atoms with Gasteiger partial charge in [0.1, 0.15) is 38.2 Å². The predicted octanol–water partition coefficient (Wildman–Crippen LogP) is 4.26. The van der Waals surface area contributed by atoms with Crippen molar-refractivity contribution in [2.45, 2.75) is 155 Å². The molecule has 520 valence electrons. The molecule has 2 saturated heterocycles. The molecule has 5 aliphatic rings. The van der Waals surface area contributed by atoms with Crippen LogP contribution in [0.5, 0.6) is 5.75 Å². The number of imide groups is 1. The first kappa shape index (κ1) is 73.1. The number of hydrogen-bond donors (Lipinski definition) is 4. The van der Waals surface area contributed by atoms with Crippen LogP contribution in [-0.2, 0) is 96.7 Å². The summed E-state index contributed by atoms with van der Waals surface area (Å²) < 4.78 is 46.7. The van der Waals surface area contributed by atoms with E-state index < -0.39 is 53.6 Å². The van der Waals surface area contributed by atoms with Gasteiger partial charge in [-0.3, -0.25) is 43.3 Å². The number of pyridine rings is 2. The topological polar surface area (TPSA) is 320 Å². The van der Waals surface area contributed by atoms with Gasteiger partial charge in [-0.15, -0.1) is 0 Å². The summed E-state index contributed by atoms with van der Waals surface area (Å²) in [5, 5.41) is 11.6. The standard InChI is InChI=1S/C68H95N9O18/c1-6-48-49-38-47(94-66(87)75-29-22-46(23-30-75)74-26-13-9-14-27-74)18-19-53(49)73-62-50(48)41-77-55(62)39-52-51(64(77)85)42-93-65(86)68(52,7-2)95-61(83)40-71-63(84)54(72-58(80)44-91-36-37-92-45-67(3,4)5)16-11-12-24-69-57(79)43-90-35-34-89-33-32-88-31-25-70-56(78)17-10-8-15-28-76-59(81)20-21-60(76)82/h18-21,38-39,46,54H,6-17,22-37,40-45H2,1-5H3,(H,69,79)(H,70,78)(H,71,84)(H,72,80)/t54?,68-/m0/s1. The Morgan fingerprint density at radius 2 is 1.41 bits per heavy atom. The number of nitrogens with zero attached hydrogens (tertiary/aromatic N) is 5. The molecule has 1 aromatic carbocycles. The molecule has 3 aromatic rings. The van der Waals surface area contributed by atoms with Crippen molar-refractivity contribution in [2.75, 3.05) is 118 Å². The van der Waals surface area contributed by atoms with Crippen molar-refractivity contribution in [3.05, 3.63) is 69.0 Å². The summed E-state index contributed by atoms with van der Waals surface area (Å²) in [6.07, 6.45) is 11.2. The normalized spacial score (nSPS) is 17.5. The van der Waals surface area contributed by atoms with Crippen LogP contribution in [0.2, 0.25) is 0 Å². The number of piperidine rings is 2. The van der Waals surface area contributed by atoms with Crippen molar-refractivity contribution in [2.24, 2.45) is 5.41 Å². The van der Waals surface area contributed by atoms with E-state index in [0.717, 1.165) is 42.4 Å². The van der Waals surface area contributed by atoms with Gasteiger partial charge >= 0.3 is 18.0 Å². The quantitative estimate of drug-likeness (QED) is 0.0278. The molecule has 0 saturated carbocycles. The Morgan fingerprint density at radius 3 is 2.12 bits per heavy atom. The number of cyclic esters (lactones) is 1. The highest BCUT2D eigenvalue weighted by atomic mass is 16.6. The Kier molecular flexibility index (Phi) is 27.6. The lowest BCUT2D eigenvalue weighted by atomic mass is 9.85. The molecule has 2 fully saturated rings. The van der Waals surface area contributed by atoms with E-state index in [9.17, 15) is 47.9 Å². The molecule has 2 atom stereocenters. The SMILES string of the molecule is CCc1c2c(nc3ccc(OC(=O)N4CCC(N5CCCCC5)CC4)cc13)-c1cc3c(c(=O)n1C2)COC(=O)[C@@]3(CC)OC(=O)CNC(=O)C(CCCCNC(=O)COCCOCCOCCNC(=O)CCCCCN1C(=O)C=CC1=O)NC(=O)COCCOCC(C)(C)C. The summed E-state index contributed by atoms with van der Waals surface area (Å²) >= 11 is 0. The highest BCUT2D eigenvalue weighted by molar-refractivity contribution is 6.12. The molecular weight excluding hydrogens is 1230 g/mol. The number of carbonyl (C=O) groups excluding carboxylic acids is 9. The van der Waals surface area contributed by atoms with Gasteiger partial charge in [0.25, 0.3) is 17.4 Å². The number of aromatic nitrogens is 2. The Labute approximate surface area is 554 Å². The minimum Gasteiger partial charge on any atom is -0.457 e. The molecule has 0 radical (unpaired) electrons. The summed E-state index contributed by atoms with van der Waals surface area (Å²) in [6, 6.07) is 6.30. The van der Waals surface area contributed by atoms with Gasteiger partial charge in [0.05, 0.1) is 81.9 Å². The molecule has 27 heteroatoms. The summed E-state index contributed by atoms with van der Waals surface area (Å²) in [6.45, 7) is 14.6. The van der Waals surface area contributed by atoms with Crippen LogP contribution in [0, 0.1) is 5.41 Å². The predicted molar refractivity (Wildman–Crippen MR) is 347 cm³/mol. The van der Waals surface area contributed by atoms with Crippen LogP contribution in [0.3, 0.4) is 0 Å². The van der Waals surface area contributed by atoms with Gasteiger partial charge < -0.3 is 73.5 Å². The second-order valence-electron chi connectivity index (χ2n) is 25.6. The maximum absolute atomic E-state index is 14.5. The molecule has 0 bridgehead atoms. The van der Waals surface area contributed by atoms with E-state index in [1.807, 2.05) is 33.8 Å². The number of unbranched alkanes of at least 4 members (excludes halogenated alkanes) is 3. The van der Waals surface area contributed by atoms with Gasteiger partial charge in [0, 0.05) is 73.9 Å². The number of aryl methyl sites for hydroxylation is 1. The lowest BCUT2D eigenvalue weighted by Gasteiger charge is -2.39. The minimum atomic E-state index is -2.07. The Bertz CT molecular complexity index is 3280. The van der Waals surface area contributed by atoms with Crippen LogP contribution >= 0.6 is 0 Å². The molecule has 27 nitrogen and oxygen atoms in total. The molecule has 1 unspecified atom stereocenters. The van der Waals surface area contributed by atoms with Gasteiger partial charge in [-0.1, -0.05) is 47.5 Å². The molecule has 7 amide bonds. The van der Waals surface area contributed by atoms with Crippen LogP contribution < -0.4 is 31.6 Å². The molecule has 5 aliphatic heterocycles. The Balaban J connectivity index is 0.785. The molecule has 2 aromatic heterocycles. The summed E-state index contributed by atoms with van der Waals surface area (Å²) in [4.78, 5) is 141. The third-order valence-electron chi connectivity index (χ3n) is 17.4. The number of likely N-dealkylation sites (tertiary alicyclic amines) is 2. The molecule has 0 aliphatic carbocycles. The fourth-order valence-corrected chi connectivity index (χ4v) is 12.4. The smallest absolute Gasteiger partial charge is 0.415 e. The van der Waals surface area contributed by atoms with E-state index in [-0.39, 0.29) is 126 Å². The first-order valence-corrected chi connectivity index (χ1v) is 33.6. The number of fused-ring (bicyclic) bond motifs is 5. The first-order valence-electron chi connectivity index (χ1n) is 33.6. The zero-order valence-electron chi connectivity index (χ0n) is 55.7. The number of rotatable bonds is 37. The summed E-state index contributed by atoms with van der Waals surface area (Å²) in [7, 11) is 0. The maximum Gasteiger partial charge on any atom is 0.415 e. The second kappa shape index (κ2) is 35.9. The average molecular weight is 1330 g/mol. The minimum absolute atomic E-state index is 0.0628. The fraction of sp³-hybridized carbons (Fsp3) is 0.632. The number of nitrogens with one attached hydrogen (secondary N) is 4. The van der Waals surface area contributed by atoms with E-state index in [4.69, 9.17) is 42.9 Å². The highest BCUT2D eigenvalue weighted by Crippen LogP contribution is 2.43. The largest absolute Gasteiger partial charge is 0.457 e. The lowest BCUT2D eigenvalue weighted by molar-refractivity contribution is -0.189. The van der Waals surface area contributed by atoms with Crippen molar-refractivity contribution >= 4 is 64.4 Å². The zero-order valence-corrected chi connectivity index (χ0v) is 55.7. The monoisotopic (exact) mass is 1330 g/mol. The lowest BCUT2D eigenvalue weighted by Crippen LogP contribution is -2.51. The number of amides is 7. The first-order chi connectivity index (χ1) is 45.8. The second-order valence-corrected chi connectivity index (χ2v) is 25.6. The van der Waals surface area contributed by atoms with E-state index in [2.05, 4.69) is 26.2 Å². The van der Waals surface area contributed by atoms with Gasteiger partial charge in [-0.25, -0.2) is 14.6 Å². The number of hydrogen-bond acceptors (Lipinski definition) is 20. The van der Waals surface area contributed by atoms with Crippen molar-refractivity contribution in [3.63, 3.8) is 0 Å². The number of esters is 2. The van der Waals surface area contributed by atoms with Crippen molar-refractivity contribution in [3.8, 4) is 17.1 Å². The molecule has 95 heavy (non-hydrogen) atoms. The number of benzene rings is 1.